The molecule has 0 radical (unpaired) electrons. The maximum Gasteiger partial charge on any atom is 0.365 e. The molecule has 4 rings (SSSR count). The number of para-hydroxylation sites is 1. The molecule has 0 unspecified atom stereocenters. The number of carbonyl (C=O) groups excluding carboxylic acids is 3. The molecule has 0 spiro atoms. The molecule has 1 N–H and O–H groups in total. The van der Waals surface area contributed by atoms with Gasteiger partial charge in [-0.05, 0) is 19.4 Å². The first-order valence-electron chi connectivity index (χ1n) is 9.11. The number of fused-ring (bicyclic) bond motifs is 1. The Morgan fingerprint density at radius 3 is 2.79 bits per heavy atom. The van der Waals surface area contributed by atoms with Crippen LogP contribution in [-0.4, -0.2) is 34.0 Å². The number of nitrogens with one attached hydrogen (secondary N) is 1. The first-order chi connectivity index (χ1) is 13.3. The van der Waals surface area contributed by atoms with Crippen LogP contribution in [0.5, 0.6) is 5.75 Å². The molecule has 3 atom stereocenters. The van der Waals surface area contributed by atoms with Crippen molar-refractivity contribution < 1.29 is 23.6 Å². The summed E-state index contributed by atoms with van der Waals surface area (Å²) in [6.45, 7) is 5.17. The van der Waals surface area contributed by atoms with Crippen molar-refractivity contribution >= 4 is 17.8 Å². The molecule has 28 heavy (non-hydrogen) atoms. The van der Waals surface area contributed by atoms with Crippen molar-refractivity contribution in [3.8, 4) is 5.75 Å². The molecule has 0 bridgehead atoms. The fraction of sp³-hybridized carbons (Fsp3) is 0.400. The van der Waals surface area contributed by atoms with Gasteiger partial charge in [0.25, 0.3) is 0 Å². The van der Waals surface area contributed by atoms with Crippen molar-refractivity contribution in [3.63, 3.8) is 0 Å². The van der Waals surface area contributed by atoms with Crippen LogP contribution in [0.4, 0.5) is 0 Å². The maximum absolute atomic E-state index is 12.4. The Balaban J connectivity index is 1.67. The van der Waals surface area contributed by atoms with Gasteiger partial charge in [0.15, 0.2) is 5.69 Å². The van der Waals surface area contributed by atoms with E-state index in [0.717, 1.165) is 5.56 Å². The molecular formula is C20H21N3O5. The Labute approximate surface area is 161 Å². The molecule has 1 aromatic heterocycles. The number of nitrogens with zero attached hydrogens (tertiary/aromatic N) is 2. The summed E-state index contributed by atoms with van der Waals surface area (Å²) in [6, 6.07) is 8.31. The quantitative estimate of drug-likeness (QED) is 0.645. The van der Waals surface area contributed by atoms with Crippen LogP contribution >= 0.6 is 0 Å². The lowest BCUT2D eigenvalue weighted by molar-refractivity contribution is -0.133. The summed E-state index contributed by atoms with van der Waals surface area (Å²) in [7, 11) is 0. The Kier molecular flexibility index (Phi) is 4.21. The molecule has 2 aliphatic rings. The minimum atomic E-state index is -0.628. The summed E-state index contributed by atoms with van der Waals surface area (Å²) in [5.41, 5.74) is 0.433. The first kappa shape index (κ1) is 18.2. The molecule has 0 aliphatic carbocycles. The monoisotopic (exact) mass is 383 g/mol. The normalized spacial score (nSPS) is 26.1. The van der Waals surface area contributed by atoms with Crippen molar-refractivity contribution in [2.24, 2.45) is 5.41 Å². The van der Waals surface area contributed by atoms with Gasteiger partial charge in [0, 0.05) is 30.4 Å². The molecule has 8 heteroatoms. The number of hydrogen-bond acceptors (Lipinski definition) is 6. The fourth-order valence-corrected chi connectivity index (χ4v) is 4.27. The highest BCUT2D eigenvalue weighted by Crippen LogP contribution is 2.52. The number of likely N-dealkylation sites (tertiary alicyclic amines) is 1. The van der Waals surface area contributed by atoms with Crippen LogP contribution in [0.1, 0.15) is 54.5 Å². The zero-order valence-corrected chi connectivity index (χ0v) is 15.9. The van der Waals surface area contributed by atoms with Crippen molar-refractivity contribution in [1.29, 1.82) is 0 Å². The predicted octanol–water partition coefficient (Wildman–Crippen LogP) is 2.35. The molecule has 2 saturated heterocycles. The van der Waals surface area contributed by atoms with Gasteiger partial charge >= 0.3 is 5.97 Å². The van der Waals surface area contributed by atoms with Crippen molar-refractivity contribution in [2.45, 2.75) is 45.8 Å². The fourth-order valence-electron chi connectivity index (χ4n) is 4.27. The van der Waals surface area contributed by atoms with Crippen LogP contribution < -0.4 is 10.1 Å². The van der Waals surface area contributed by atoms with Crippen LogP contribution in [0.3, 0.4) is 0 Å². The van der Waals surface area contributed by atoms with Gasteiger partial charge in [0.1, 0.15) is 17.7 Å². The van der Waals surface area contributed by atoms with E-state index in [-0.39, 0.29) is 35.1 Å². The van der Waals surface area contributed by atoms with E-state index in [1.54, 1.807) is 24.0 Å². The molecular weight excluding hydrogens is 362 g/mol. The number of amides is 2. The molecule has 1 aromatic carbocycles. The van der Waals surface area contributed by atoms with E-state index < -0.39 is 5.97 Å². The van der Waals surface area contributed by atoms with Crippen molar-refractivity contribution in [2.75, 3.05) is 0 Å². The second kappa shape index (κ2) is 6.47. The van der Waals surface area contributed by atoms with Crippen LogP contribution in [0.15, 0.2) is 34.9 Å². The molecule has 2 amide bonds. The van der Waals surface area contributed by atoms with Crippen LogP contribution in [-0.2, 0) is 9.59 Å². The molecule has 2 aliphatic heterocycles. The molecule has 0 saturated carbocycles. The number of benzene rings is 1. The minimum absolute atomic E-state index is 0.0571. The highest BCUT2D eigenvalue weighted by Gasteiger charge is 2.56. The Bertz CT molecular complexity index is 968. The van der Waals surface area contributed by atoms with Crippen LogP contribution in [0.25, 0.3) is 0 Å². The van der Waals surface area contributed by atoms with Gasteiger partial charge in [-0.25, -0.2) is 4.79 Å². The molecule has 3 heterocycles. The van der Waals surface area contributed by atoms with Gasteiger partial charge in [0.2, 0.25) is 11.8 Å². The van der Waals surface area contributed by atoms with Gasteiger partial charge in [-0.3, -0.25) is 9.59 Å². The van der Waals surface area contributed by atoms with Gasteiger partial charge in [-0.2, -0.15) is 0 Å². The van der Waals surface area contributed by atoms with Gasteiger partial charge in [-0.1, -0.05) is 30.3 Å². The first-order valence-corrected chi connectivity index (χ1v) is 9.11. The van der Waals surface area contributed by atoms with E-state index in [1.807, 2.05) is 19.1 Å². The summed E-state index contributed by atoms with van der Waals surface area (Å²) in [5.74, 6) is 0.0402. The van der Waals surface area contributed by atoms with E-state index in [4.69, 9.17) is 9.26 Å². The highest BCUT2D eigenvalue weighted by molar-refractivity contribution is 5.89. The topological polar surface area (TPSA) is 102 Å². The second-order valence-corrected chi connectivity index (χ2v) is 7.70. The lowest BCUT2D eigenvalue weighted by Crippen LogP contribution is -2.46. The third-order valence-electron chi connectivity index (χ3n) is 5.48. The van der Waals surface area contributed by atoms with E-state index in [1.165, 1.54) is 13.0 Å². The maximum atomic E-state index is 12.4. The third kappa shape index (κ3) is 2.94. The summed E-state index contributed by atoms with van der Waals surface area (Å²) in [4.78, 5) is 38.4. The number of hydrogen-bond donors (Lipinski definition) is 1. The van der Waals surface area contributed by atoms with Crippen molar-refractivity contribution in [3.05, 3.63) is 47.3 Å². The number of esters is 1. The lowest BCUT2D eigenvalue weighted by atomic mass is 9.83. The van der Waals surface area contributed by atoms with Crippen LogP contribution in [0.2, 0.25) is 0 Å². The van der Waals surface area contributed by atoms with Crippen LogP contribution in [0, 0.1) is 12.3 Å². The highest BCUT2D eigenvalue weighted by atomic mass is 16.5. The lowest BCUT2D eigenvalue weighted by Gasteiger charge is -2.30. The van der Waals surface area contributed by atoms with E-state index in [2.05, 4.69) is 10.5 Å². The minimum Gasteiger partial charge on any atom is -0.421 e. The molecule has 8 nitrogen and oxygen atoms in total. The number of aryl methyl sites for hydroxylation is 1. The average molecular weight is 383 g/mol. The summed E-state index contributed by atoms with van der Waals surface area (Å²) in [6.07, 6.45) is 0.579. The largest absolute Gasteiger partial charge is 0.421 e. The summed E-state index contributed by atoms with van der Waals surface area (Å²) in [5, 5.41) is 6.60. The number of rotatable bonds is 3. The molecule has 2 aromatic rings. The van der Waals surface area contributed by atoms with Gasteiger partial charge in [-0.15, -0.1) is 0 Å². The molecule has 146 valence electrons. The van der Waals surface area contributed by atoms with E-state index in [9.17, 15) is 14.4 Å². The number of ether oxygens (including phenoxy) is 1. The van der Waals surface area contributed by atoms with Crippen molar-refractivity contribution in [1.82, 2.24) is 15.4 Å². The summed E-state index contributed by atoms with van der Waals surface area (Å²) < 4.78 is 10.5. The third-order valence-corrected chi connectivity index (χ3v) is 5.48. The van der Waals surface area contributed by atoms with E-state index >= 15 is 0 Å². The van der Waals surface area contributed by atoms with Gasteiger partial charge < -0.3 is 19.5 Å². The number of carbonyl (C=O) groups is 3. The standard InChI is InChI=1S/C20H21N3O5/c1-11-8-14(22-28-11)18(26)27-16-7-5-4-6-13(16)15-9-20(3)10-17(25)21-19(20)23(15)12(2)24/h4-8,15,19H,9-10H2,1-3H3,(H,21,25)/t15-,19+,20-/m1/s1. The summed E-state index contributed by atoms with van der Waals surface area (Å²) >= 11 is 0. The molecule has 2 fully saturated rings. The smallest absolute Gasteiger partial charge is 0.365 e. The zero-order chi connectivity index (χ0) is 20.1. The second-order valence-electron chi connectivity index (χ2n) is 7.70. The SMILES string of the molecule is CC(=O)N1[C@@H](c2ccccc2OC(=O)c2cc(C)on2)C[C@]2(C)CC(=O)N[C@@H]12. The zero-order valence-electron chi connectivity index (χ0n) is 15.9. The predicted molar refractivity (Wildman–Crippen MR) is 97.2 cm³/mol. The Hall–Kier alpha value is -3.16. The Morgan fingerprint density at radius 1 is 1.36 bits per heavy atom. The van der Waals surface area contributed by atoms with E-state index in [0.29, 0.717) is 24.4 Å². The Morgan fingerprint density at radius 2 is 2.11 bits per heavy atom. The average Bonchev–Trinajstić information content (AvgIpc) is 3.25. The van der Waals surface area contributed by atoms with Gasteiger partial charge in [0.05, 0.1) is 6.04 Å². The number of aromatic nitrogens is 1.